The van der Waals surface area contributed by atoms with Crippen molar-refractivity contribution in [2.45, 2.75) is 0 Å². The van der Waals surface area contributed by atoms with Crippen molar-refractivity contribution in [2.75, 3.05) is 0 Å². The van der Waals surface area contributed by atoms with Crippen LogP contribution >= 0.6 is 0 Å². The molecule has 0 amide bonds. The normalized spacial score (nSPS) is 7.50. The molecule has 0 bridgehead atoms. The number of benzene rings is 1. The number of rotatable bonds is 0. The van der Waals surface area contributed by atoms with Crippen molar-refractivity contribution in [3.8, 4) is 5.75 Å². The maximum atomic E-state index is 8.58. The minimum Gasteiger partial charge on any atom is -0.534 e. The van der Waals surface area contributed by atoms with Crippen LogP contribution in [0.5, 0.6) is 5.75 Å². The molecule has 1 aromatic carbocycles. The van der Waals surface area contributed by atoms with E-state index in [-0.39, 0.29) is 22.2 Å². The second kappa shape index (κ2) is 3.51. The Balaban J connectivity index is 0.000000490. The fourth-order valence-corrected chi connectivity index (χ4v) is 0.384. The van der Waals surface area contributed by atoms with Gasteiger partial charge >= 0.3 is 0 Å². The molecule has 0 spiro atoms. The van der Waals surface area contributed by atoms with E-state index in [0.717, 1.165) is 0 Å². The first-order valence-corrected chi connectivity index (χ1v) is 2.05. The average molecular weight is 152 g/mol. The van der Waals surface area contributed by atoms with Gasteiger partial charge in [-0.1, -0.05) is 0 Å². The molecule has 0 aliphatic rings. The van der Waals surface area contributed by atoms with Crippen molar-refractivity contribution in [2.24, 2.45) is 0 Å². The van der Waals surface area contributed by atoms with Crippen LogP contribution in [0.1, 0.15) is 0 Å². The molecule has 0 fully saturated rings. The molecular weight excluding hydrogens is 147 g/mol. The molecule has 0 radical (unpaired) electrons. The van der Waals surface area contributed by atoms with Crippen LogP contribution in [-0.2, 0) is 16.5 Å². The molecule has 0 atom stereocenters. The Labute approximate surface area is 58.3 Å². The number of para-hydroxylation sites is 1. The van der Waals surface area contributed by atoms with Crippen LogP contribution in [0.25, 0.3) is 0 Å². The monoisotopic (exact) mass is 151 g/mol. The van der Waals surface area contributed by atoms with E-state index in [1.165, 1.54) is 0 Å². The van der Waals surface area contributed by atoms with Crippen molar-refractivity contribution in [3.05, 3.63) is 30.3 Å². The molecule has 1 rings (SSSR count). The smallest absolute Gasteiger partial charge is 0.00397 e. The molecule has 1 aromatic rings. The van der Waals surface area contributed by atoms with Gasteiger partial charge in [0.2, 0.25) is 0 Å². The van der Waals surface area contributed by atoms with Gasteiger partial charge in [-0.15, -0.1) is 12.1 Å². The number of phenols is 1. The first-order chi connectivity index (χ1) is 3.39. The first kappa shape index (κ1) is 7.51. The van der Waals surface area contributed by atoms with E-state index in [2.05, 4.69) is 6.07 Å². The van der Waals surface area contributed by atoms with Crippen molar-refractivity contribution in [1.82, 2.24) is 0 Å². The Morgan fingerprint density at radius 1 is 1.38 bits per heavy atom. The van der Waals surface area contributed by atoms with Crippen LogP contribution in [0, 0.1) is 6.07 Å². The molecule has 0 saturated heterocycles. The molecule has 0 heterocycles. The third kappa shape index (κ3) is 1.99. The van der Waals surface area contributed by atoms with Gasteiger partial charge < -0.3 is 5.11 Å². The second-order valence-electron chi connectivity index (χ2n) is 1.25. The Morgan fingerprint density at radius 2 is 2.12 bits per heavy atom. The van der Waals surface area contributed by atoms with E-state index in [9.17, 15) is 0 Å². The van der Waals surface area contributed by atoms with Gasteiger partial charge in [0.25, 0.3) is 0 Å². The van der Waals surface area contributed by atoms with Gasteiger partial charge in [0, 0.05) is 22.2 Å². The van der Waals surface area contributed by atoms with Crippen molar-refractivity contribution < 1.29 is 21.6 Å². The van der Waals surface area contributed by atoms with E-state index in [0.29, 0.717) is 0 Å². The standard InChI is InChI=1S/C6H5O.Ni/c7-6-4-2-1-3-5-6;/h1-4,7H;/q-1;. The van der Waals surface area contributed by atoms with Gasteiger partial charge in [-0.25, -0.2) is 0 Å². The zero-order chi connectivity index (χ0) is 5.11. The average Bonchev–Trinajstić information content (AvgIpc) is 1.69. The van der Waals surface area contributed by atoms with Gasteiger partial charge in [-0.3, -0.25) is 0 Å². The summed E-state index contributed by atoms with van der Waals surface area (Å²) in [5, 5.41) is 8.58. The molecule has 1 N–H and O–H groups in total. The Kier molecular flexibility index (Phi) is 3.29. The fraction of sp³-hybridized carbons (Fsp3) is 0. The van der Waals surface area contributed by atoms with Gasteiger partial charge in [0.05, 0.1) is 0 Å². The zero-order valence-electron chi connectivity index (χ0n) is 4.07. The third-order valence-corrected chi connectivity index (χ3v) is 0.693. The molecule has 1 nitrogen and oxygen atoms in total. The minimum absolute atomic E-state index is 0. The molecule has 8 heavy (non-hydrogen) atoms. The van der Waals surface area contributed by atoms with Crippen molar-refractivity contribution >= 4 is 0 Å². The molecule has 0 aromatic heterocycles. The molecular formula is C6H5NiO-. The molecule has 2 heteroatoms. The van der Waals surface area contributed by atoms with E-state index in [1.807, 2.05) is 0 Å². The summed E-state index contributed by atoms with van der Waals surface area (Å²) in [6.07, 6.45) is 0. The van der Waals surface area contributed by atoms with E-state index < -0.39 is 0 Å². The molecule has 0 aliphatic carbocycles. The van der Waals surface area contributed by atoms with E-state index >= 15 is 0 Å². The fourth-order valence-electron chi connectivity index (χ4n) is 0.384. The maximum absolute atomic E-state index is 8.58. The van der Waals surface area contributed by atoms with Crippen LogP contribution in [0.3, 0.4) is 0 Å². The number of hydrogen-bond acceptors (Lipinski definition) is 1. The van der Waals surface area contributed by atoms with Gasteiger partial charge in [-0.2, -0.15) is 18.2 Å². The summed E-state index contributed by atoms with van der Waals surface area (Å²) >= 11 is 0. The summed E-state index contributed by atoms with van der Waals surface area (Å²) in [5.74, 6) is 0.197. The Hall–Kier alpha value is -0.486. The molecule has 0 saturated carbocycles. The van der Waals surface area contributed by atoms with Crippen molar-refractivity contribution in [3.63, 3.8) is 0 Å². The second-order valence-corrected chi connectivity index (χ2v) is 1.25. The first-order valence-electron chi connectivity index (χ1n) is 2.05. The summed E-state index contributed by atoms with van der Waals surface area (Å²) < 4.78 is 0. The van der Waals surface area contributed by atoms with Gasteiger partial charge in [-0.05, 0) is 0 Å². The summed E-state index contributed by atoms with van der Waals surface area (Å²) in [6, 6.07) is 9.39. The van der Waals surface area contributed by atoms with Crippen LogP contribution in [0.15, 0.2) is 24.3 Å². The van der Waals surface area contributed by atoms with Gasteiger partial charge in [0.1, 0.15) is 0 Å². The Morgan fingerprint density at radius 3 is 2.38 bits per heavy atom. The SMILES string of the molecule is Oc1[c-]cccc1.[Ni]. The molecule has 46 valence electrons. The predicted octanol–water partition coefficient (Wildman–Crippen LogP) is 1.19. The van der Waals surface area contributed by atoms with Crippen molar-refractivity contribution in [1.29, 1.82) is 0 Å². The topological polar surface area (TPSA) is 20.2 Å². The van der Waals surface area contributed by atoms with Crippen LogP contribution in [0.4, 0.5) is 0 Å². The summed E-state index contributed by atoms with van der Waals surface area (Å²) in [4.78, 5) is 0. The van der Waals surface area contributed by atoms with E-state index in [4.69, 9.17) is 5.11 Å². The van der Waals surface area contributed by atoms with Crippen LogP contribution in [-0.4, -0.2) is 5.11 Å². The van der Waals surface area contributed by atoms with Crippen LogP contribution in [0.2, 0.25) is 0 Å². The maximum Gasteiger partial charge on any atom is 0.00397 e. The Bertz CT molecular complexity index is 138. The third-order valence-electron chi connectivity index (χ3n) is 0.693. The predicted molar refractivity (Wildman–Crippen MR) is 26.9 cm³/mol. The molecule has 0 aliphatic heterocycles. The summed E-state index contributed by atoms with van der Waals surface area (Å²) in [6.45, 7) is 0. The largest absolute Gasteiger partial charge is 0.534 e. The summed E-state index contributed by atoms with van der Waals surface area (Å²) in [5.41, 5.74) is 0. The quantitative estimate of drug-likeness (QED) is 0.437. The van der Waals surface area contributed by atoms with Crippen LogP contribution < -0.4 is 0 Å². The minimum atomic E-state index is 0. The number of aromatic hydroxyl groups is 1. The number of phenolic OH excluding ortho intramolecular Hbond substituents is 1. The summed E-state index contributed by atoms with van der Waals surface area (Å²) in [7, 11) is 0. The number of hydrogen-bond donors (Lipinski definition) is 1. The molecule has 0 unspecified atom stereocenters. The van der Waals surface area contributed by atoms with Gasteiger partial charge in [0.15, 0.2) is 0 Å². The zero-order valence-corrected chi connectivity index (χ0v) is 5.06. The van der Waals surface area contributed by atoms with E-state index in [1.54, 1.807) is 24.3 Å².